The van der Waals surface area contributed by atoms with Crippen LogP contribution in [0.5, 0.6) is 11.5 Å². The summed E-state index contributed by atoms with van der Waals surface area (Å²) in [5.74, 6) is 0.173. The Morgan fingerprint density at radius 2 is 1.77 bits per heavy atom. The van der Waals surface area contributed by atoms with E-state index in [1.54, 1.807) is 18.2 Å². The number of aryl methyl sites for hydroxylation is 1. The van der Waals surface area contributed by atoms with E-state index in [2.05, 4.69) is 10.5 Å². The minimum absolute atomic E-state index is 0.119. The van der Waals surface area contributed by atoms with Crippen LogP contribution in [0.3, 0.4) is 0 Å². The highest BCUT2D eigenvalue weighted by atomic mass is 16.3. The predicted molar refractivity (Wildman–Crippen MR) is 102 cm³/mol. The maximum atomic E-state index is 11.9. The minimum Gasteiger partial charge on any atom is -0.508 e. The van der Waals surface area contributed by atoms with Crippen molar-refractivity contribution in [3.63, 3.8) is 0 Å². The molecule has 0 heterocycles. The number of hydrazone groups is 1. The van der Waals surface area contributed by atoms with Gasteiger partial charge in [-0.1, -0.05) is 42.5 Å². The number of carbonyl (C=O) groups is 1. The van der Waals surface area contributed by atoms with Gasteiger partial charge >= 0.3 is 0 Å². The van der Waals surface area contributed by atoms with Crippen molar-refractivity contribution in [2.75, 3.05) is 0 Å². The van der Waals surface area contributed by atoms with E-state index in [-0.39, 0.29) is 17.4 Å². The topological polar surface area (TPSA) is 81.9 Å². The maximum Gasteiger partial charge on any atom is 0.240 e. The number of phenols is 2. The number of fused-ring (bicyclic) bond motifs is 1. The fourth-order valence-electron chi connectivity index (χ4n) is 2.76. The average Bonchev–Trinajstić information content (AvgIpc) is 2.65. The second-order valence-corrected chi connectivity index (χ2v) is 6.03. The number of hydrogen-bond donors (Lipinski definition) is 3. The molecule has 132 valence electrons. The number of rotatable bonds is 6. The zero-order valence-electron chi connectivity index (χ0n) is 14.2. The maximum absolute atomic E-state index is 11.9. The molecule has 3 N–H and O–H groups in total. The highest BCUT2D eigenvalue weighted by Crippen LogP contribution is 2.25. The SMILES string of the molecule is O=C(CCCc1ccc(O)cc1)N/N=C/c1c(O)ccc2ccccc12. The second kappa shape index (κ2) is 8.16. The minimum atomic E-state index is -0.181. The van der Waals surface area contributed by atoms with Crippen LogP contribution in [0.1, 0.15) is 24.0 Å². The number of nitrogens with one attached hydrogen (secondary N) is 1. The first-order valence-corrected chi connectivity index (χ1v) is 8.44. The molecule has 5 heteroatoms. The molecule has 3 aromatic rings. The van der Waals surface area contributed by atoms with E-state index in [0.29, 0.717) is 18.4 Å². The standard InChI is InChI=1S/C21H20N2O3/c24-17-11-8-15(9-12-17)4-3-7-21(26)23-22-14-19-18-6-2-1-5-16(18)10-13-20(19)25/h1-2,5-6,8-14,24-25H,3-4,7H2,(H,23,26)/b22-14+. The molecule has 0 atom stereocenters. The monoisotopic (exact) mass is 348 g/mol. The van der Waals surface area contributed by atoms with Crippen LogP contribution in [0.2, 0.25) is 0 Å². The molecule has 0 saturated heterocycles. The Bertz CT molecular complexity index is 934. The van der Waals surface area contributed by atoms with Crippen LogP contribution in [-0.4, -0.2) is 22.3 Å². The van der Waals surface area contributed by atoms with Crippen LogP contribution in [0.15, 0.2) is 65.8 Å². The van der Waals surface area contributed by atoms with Gasteiger partial charge in [-0.3, -0.25) is 4.79 Å². The summed E-state index contributed by atoms with van der Waals surface area (Å²) in [6, 6.07) is 18.1. The zero-order valence-corrected chi connectivity index (χ0v) is 14.2. The molecule has 26 heavy (non-hydrogen) atoms. The van der Waals surface area contributed by atoms with Crippen LogP contribution < -0.4 is 5.43 Å². The molecule has 0 radical (unpaired) electrons. The van der Waals surface area contributed by atoms with E-state index in [1.807, 2.05) is 42.5 Å². The van der Waals surface area contributed by atoms with Crippen molar-refractivity contribution >= 4 is 22.9 Å². The van der Waals surface area contributed by atoms with Gasteiger partial charge in [-0.2, -0.15) is 5.10 Å². The van der Waals surface area contributed by atoms with Crippen molar-refractivity contribution in [1.82, 2.24) is 5.43 Å². The third-order valence-corrected chi connectivity index (χ3v) is 4.14. The predicted octanol–water partition coefficient (Wildman–Crippen LogP) is 3.72. The van der Waals surface area contributed by atoms with E-state index in [1.165, 1.54) is 6.21 Å². The number of amides is 1. The molecule has 3 aromatic carbocycles. The molecule has 1 amide bonds. The smallest absolute Gasteiger partial charge is 0.240 e. The number of phenolic OH excluding ortho intramolecular Hbond substituents is 2. The van der Waals surface area contributed by atoms with Gasteiger partial charge in [0.05, 0.1) is 6.21 Å². The lowest BCUT2D eigenvalue weighted by molar-refractivity contribution is -0.121. The first-order chi connectivity index (χ1) is 12.6. The Balaban J connectivity index is 1.54. The summed E-state index contributed by atoms with van der Waals surface area (Å²) >= 11 is 0. The fraction of sp³-hybridized carbons (Fsp3) is 0.143. The van der Waals surface area contributed by atoms with Crippen molar-refractivity contribution in [3.8, 4) is 11.5 Å². The normalized spacial score (nSPS) is 11.1. The molecule has 0 fully saturated rings. The summed E-state index contributed by atoms with van der Waals surface area (Å²) in [7, 11) is 0. The summed E-state index contributed by atoms with van der Waals surface area (Å²) in [4.78, 5) is 11.9. The first kappa shape index (κ1) is 17.5. The molecule has 0 unspecified atom stereocenters. The Hall–Kier alpha value is -3.34. The molecule has 0 aromatic heterocycles. The Morgan fingerprint density at radius 3 is 2.58 bits per heavy atom. The number of hydrogen-bond acceptors (Lipinski definition) is 4. The van der Waals surface area contributed by atoms with Gasteiger partial charge < -0.3 is 10.2 Å². The summed E-state index contributed by atoms with van der Waals surface area (Å²) < 4.78 is 0. The Morgan fingerprint density at radius 1 is 1.00 bits per heavy atom. The summed E-state index contributed by atoms with van der Waals surface area (Å²) in [5.41, 5.74) is 4.14. The summed E-state index contributed by atoms with van der Waals surface area (Å²) in [5, 5.41) is 25.1. The molecule has 0 saturated carbocycles. The van der Waals surface area contributed by atoms with Gasteiger partial charge in [0.25, 0.3) is 0 Å². The highest BCUT2D eigenvalue weighted by Gasteiger charge is 2.05. The van der Waals surface area contributed by atoms with E-state index in [4.69, 9.17) is 0 Å². The van der Waals surface area contributed by atoms with Gasteiger partial charge in [-0.25, -0.2) is 5.43 Å². The van der Waals surface area contributed by atoms with Gasteiger partial charge in [0.2, 0.25) is 5.91 Å². The van der Waals surface area contributed by atoms with Crippen LogP contribution in [0.25, 0.3) is 10.8 Å². The van der Waals surface area contributed by atoms with Crippen LogP contribution >= 0.6 is 0 Å². The van der Waals surface area contributed by atoms with Crippen LogP contribution in [0.4, 0.5) is 0 Å². The molecule has 0 spiro atoms. The number of benzene rings is 3. The lowest BCUT2D eigenvalue weighted by Crippen LogP contribution is -2.17. The van der Waals surface area contributed by atoms with Crippen molar-refractivity contribution in [2.45, 2.75) is 19.3 Å². The van der Waals surface area contributed by atoms with Gasteiger partial charge in [-0.05, 0) is 47.4 Å². The number of carbonyl (C=O) groups excluding carboxylic acids is 1. The van der Waals surface area contributed by atoms with Gasteiger partial charge in [-0.15, -0.1) is 0 Å². The zero-order chi connectivity index (χ0) is 18.4. The van der Waals surface area contributed by atoms with Crippen molar-refractivity contribution in [1.29, 1.82) is 0 Å². The van der Waals surface area contributed by atoms with Crippen molar-refractivity contribution in [3.05, 3.63) is 71.8 Å². The molecule has 3 rings (SSSR count). The summed E-state index contributed by atoms with van der Waals surface area (Å²) in [6.45, 7) is 0. The molecule has 5 nitrogen and oxygen atoms in total. The van der Waals surface area contributed by atoms with Crippen molar-refractivity contribution < 1.29 is 15.0 Å². The number of nitrogens with zero attached hydrogens (tertiary/aromatic N) is 1. The third-order valence-electron chi connectivity index (χ3n) is 4.14. The van der Waals surface area contributed by atoms with Gasteiger partial charge in [0.1, 0.15) is 11.5 Å². The molecule has 0 bridgehead atoms. The van der Waals surface area contributed by atoms with E-state index in [0.717, 1.165) is 22.8 Å². The molecule has 0 aliphatic carbocycles. The lowest BCUT2D eigenvalue weighted by atomic mass is 10.0. The molecular formula is C21H20N2O3. The fourth-order valence-corrected chi connectivity index (χ4v) is 2.76. The quantitative estimate of drug-likeness (QED) is 0.469. The second-order valence-electron chi connectivity index (χ2n) is 6.03. The van der Waals surface area contributed by atoms with E-state index < -0.39 is 0 Å². The third kappa shape index (κ3) is 4.39. The van der Waals surface area contributed by atoms with Crippen LogP contribution in [0, 0.1) is 0 Å². The average molecular weight is 348 g/mol. The molecule has 0 aliphatic rings. The Labute approximate surface area is 151 Å². The van der Waals surface area contributed by atoms with E-state index in [9.17, 15) is 15.0 Å². The molecule has 0 aliphatic heterocycles. The first-order valence-electron chi connectivity index (χ1n) is 8.44. The molecular weight excluding hydrogens is 328 g/mol. The highest BCUT2D eigenvalue weighted by molar-refractivity contribution is 6.02. The summed E-state index contributed by atoms with van der Waals surface area (Å²) in [6.07, 6.45) is 3.25. The van der Waals surface area contributed by atoms with Crippen LogP contribution in [-0.2, 0) is 11.2 Å². The lowest BCUT2D eigenvalue weighted by Gasteiger charge is -2.05. The Kier molecular flexibility index (Phi) is 5.49. The van der Waals surface area contributed by atoms with Gasteiger partial charge in [0.15, 0.2) is 0 Å². The largest absolute Gasteiger partial charge is 0.508 e. The van der Waals surface area contributed by atoms with Gasteiger partial charge in [0, 0.05) is 12.0 Å². The van der Waals surface area contributed by atoms with E-state index >= 15 is 0 Å². The number of aromatic hydroxyl groups is 2. The van der Waals surface area contributed by atoms with Crippen molar-refractivity contribution in [2.24, 2.45) is 5.10 Å².